The van der Waals surface area contributed by atoms with Crippen molar-refractivity contribution in [3.05, 3.63) is 70.3 Å². The molecule has 18 nitrogen and oxygen atoms in total. The van der Waals surface area contributed by atoms with Gasteiger partial charge in [0.2, 0.25) is 23.6 Å². The lowest BCUT2D eigenvalue weighted by atomic mass is 9.98. The highest BCUT2D eigenvalue weighted by Gasteiger charge is 2.32. The highest BCUT2D eigenvalue weighted by atomic mass is 16.6. The molecule has 0 radical (unpaired) electrons. The van der Waals surface area contributed by atoms with Crippen LogP contribution in [0.1, 0.15) is 84.0 Å². The maximum absolute atomic E-state index is 13.4. The van der Waals surface area contributed by atoms with Crippen LogP contribution in [0.5, 0.6) is 17.2 Å². The molecule has 3 aromatic carbocycles. The van der Waals surface area contributed by atoms with Gasteiger partial charge in [0.15, 0.2) is 0 Å². The SMILES string of the molecule is COC(=O)[C@@H](NC(=O)[C@H](CC(C)C)NC(=O)[C@@H](NC(=O)CCCOc1ccc2ccc(OCCCC(=O)NNC(=O)c3cc([N+](=O)[O-])ccc3OC)cc2c1)C(C)C)C(C)C. The van der Waals surface area contributed by atoms with Gasteiger partial charge < -0.3 is 34.9 Å². The molecule has 0 fully saturated rings. The van der Waals surface area contributed by atoms with E-state index in [2.05, 4.69) is 26.8 Å². The molecular weight excluding hydrogens is 793 g/mol. The molecule has 332 valence electrons. The molecule has 0 saturated heterocycles. The number of hydrogen-bond acceptors (Lipinski definition) is 12. The number of methoxy groups -OCH3 is 2. The van der Waals surface area contributed by atoms with Crippen molar-refractivity contribution in [1.29, 1.82) is 0 Å². The van der Waals surface area contributed by atoms with Crippen LogP contribution in [0, 0.1) is 27.9 Å². The lowest BCUT2D eigenvalue weighted by Crippen LogP contribution is -2.57. The van der Waals surface area contributed by atoms with Crippen molar-refractivity contribution in [2.24, 2.45) is 17.8 Å². The molecular formula is C43H58N6O12. The zero-order chi connectivity index (χ0) is 45.2. The summed E-state index contributed by atoms with van der Waals surface area (Å²) in [5, 5.41) is 21.1. The first-order valence-corrected chi connectivity index (χ1v) is 20.1. The number of fused-ring (bicyclic) bond motifs is 1. The van der Waals surface area contributed by atoms with Crippen LogP contribution in [0.3, 0.4) is 0 Å². The van der Waals surface area contributed by atoms with Crippen LogP contribution < -0.4 is 41.0 Å². The van der Waals surface area contributed by atoms with Gasteiger partial charge in [0.1, 0.15) is 35.4 Å². The van der Waals surface area contributed by atoms with Gasteiger partial charge in [-0.25, -0.2) is 4.79 Å². The molecule has 18 heteroatoms. The van der Waals surface area contributed by atoms with E-state index in [0.717, 1.165) is 16.8 Å². The largest absolute Gasteiger partial charge is 0.496 e. The van der Waals surface area contributed by atoms with Crippen LogP contribution in [0.25, 0.3) is 10.8 Å². The molecule has 3 aromatic rings. The van der Waals surface area contributed by atoms with Crippen LogP contribution in [-0.2, 0) is 28.7 Å². The smallest absolute Gasteiger partial charge is 0.328 e. The molecule has 5 amide bonds. The predicted octanol–water partition coefficient (Wildman–Crippen LogP) is 4.52. The number of carbonyl (C=O) groups is 6. The number of rotatable bonds is 23. The van der Waals surface area contributed by atoms with Crippen LogP contribution in [-0.4, -0.2) is 86.0 Å². The second-order valence-electron chi connectivity index (χ2n) is 15.5. The summed E-state index contributed by atoms with van der Waals surface area (Å²) in [4.78, 5) is 87.2. The van der Waals surface area contributed by atoms with Gasteiger partial charge in [0.25, 0.3) is 11.6 Å². The molecule has 0 aromatic heterocycles. The molecule has 0 aliphatic carbocycles. The van der Waals surface area contributed by atoms with E-state index in [1.807, 2.05) is 44.2 Å². The number of nitro benzene ring substituents is 1. The number of nitrogens with zero attached hydrogens (tertiary/aromatic N) is 1. The topological polar surface area (TPSA) is 243 Å². The summed E-state index contributed by atoms with van der Waals surface area (Å²) in [7, 11) is 2.56. The lowest BCUT2D eigenvalue weighted by Gasteiger charge is -2.28. The number of hydrogen-bond donors (Lipinski definition) is 5. The quantitative estimate of drug-likeness (QED) is 0.0383. The Morgan fingerprint density at radius 3 is 1.79 bits per heavy atom. The monoisotopic (exact) mass is 850 g/mol. The second-order valence-corrected chi connectivity index (χ2v) is 15.5. The fraction of sp³-hybridized carbons (Fsp3) is 0.488. The molecule has 0 spiro atoms. The molecule has 3 atom stereocenters. The predicted molar refractivity (Wildman–Crippen MR) is 226 cm³/mol. The minimum Gasteiger partial charge on any atom is -0.496 e. The van der Waals surface area contributed by atoms with Crippen LogP contribution in [0.2, 0.25) is 0 Å². The molecule has 61 heavy (non-hydrogen) atoms. The number of carbonyl (C=O) groups excluding carboxylic acids is 6. The Morgan fingerprint density at radius 2 is 1.26 bits per heavy atom. The zero-order valence-corrected chi connectivity index (χ0v) is 36.0. The molecule has 0 heterocycles. The van der Waals surface area contributed by atoms with Crippen molar-refractivity contribution in [2.45, 2.75) is 91.8 Å². The molecule has 0 saturated carbocycles. The summed E-state index contributed by atoms with van der Waals surface area (Å²) in [6, 6.07) is 11.9. The van der Waals surface area contributed by atoms with Crippen molar-refractivity contribution in [1.82, 2.24) is 26.8 Å². The maximum atomic E-state index is 13.4. The Balaban J connectivity index is 1.46. The van der Waals surface area contributed by atoms with Gasteiger partial charge in [-0.2, -0.15) is 0 Å². The Kier molecular flexibility index (Phi) is 19.2. The fourth-order valence-electron chi connectivity index (χ4n) is 6.09. The molecule has 3 rings (SSSR count). The number of nitro groups is 1. The highest BCUT2D eigenvalue weighted by Crippen LogP contribution is 2.26. The number of ether oxygens (including phenoxy) is 4. The third kappa shape index (κ3) is 15.6. The number of hydrazine groups is 1. The van der Waals surface area contributed by atoms with E-state index in [1.165, 1.54) is 26.4 Å². The summed E-state index contributed by atoms with van der Waals surface area (Å²) in [6.07, 6.45) is 1.12. The molecule has 0 aliphatic rings. The van der Waals surface area contributed by atoms with Crippen molar-refractivity contribution in [3.63, 3.8) is 0 Å². The summed E-state index contributed by atoms with van der Waals surface area (Å²) >= 11 is 0. The van der Waals surface area contributed by atoms with Crippen molar-refractivity contribution < 1.29 is 52.6 Å². The van der Waals surface area contributed by atoms with Gasteiger partial charge in [-0.15, -0.1) is 0 Å². The van der Waals surface area contributed by atoms with Crippen LogP contribution in [0.15, 0.2) is 54.6 Å². The Labute approximate surface area is 355 Å². The van der Waals surface area contributed by atoms with E-state index >= 15 is 0 Å². The van der Waals surface area contributed by atoms with Gasteiger partial charge in [0.05, 0.1) is 37.9 Å². The molecule has 0 bridgehead atoms. The van der Waals surface area contributed by atoms with E-state index in [9.17, 15) is 38.9 Å². The standard InChI is InChI=1S/C43H58N6O12/c1-25(2)21-34(41(53)46-39(27(5)6)43(55)59-8)44-42(54)38(26(3)4)45-36(50)11-9-19-60-31-16-13-28-14-17-32(23-29(28)22-31)61-20-10-12-37(51)47-48-40(52)33-24-30(49(56)57)15-18-35(33)58-7/h13-18,22-27,34,38-39H,9-12,19-21H2,1-8H3,(H,44,54)(H,45,50)(H,46,53)(H,47,51)(H,48,52)/t34-,38-,39-/m0/s1. The second kappa shape index (κ2) is 24.0. The van der Waals surface area contributed by atoms with E-state index in [1.54, 1.807) is 33.8 Å². The van der Waals surface area contributed by atoms with Gasteiger partial charge in [-0.1, -0.05) is 53.7 Å². The van der Waals surface area contributed by atoms with E-state index in [0.29, 0.717) is 30.8 Å². The van der Waals surface area contributed by atoms with Gasteiger partial charge >= 0.3 is 5.97 Å². The minimum absolute atomic E-state index is 0.0252. The fourth-order valence-corrected chi connectivity index (χ4v) is 6.09. The van der Waals surface area contributed by atoms with Gasteiger partial charge in [-0.3, -0.25) is 44.9 Å². The van der Waals surface area contributed by atoms with Crippen LogP contribution in [0.4, 0.5) is 5.69 Å². The van der Waals surface area contributed by atoms with Gasteiger partial charge in [0, 0.05) is 25.0 Å². The summed E-state index contributed by atoms with van der Waals surface area (Å²) < 4.78 is 21.7. The van der Waals surface area contributed by atoms with E-state index in [4.69, 9.17) is 18.9 Å². The van der Waals surface area contributed by atoms with E-state index in [-0.39, 0.29) is 66.7 Å². The average molecular weight is 851 g/mol. The minimum atomic E-state index is -0.930. The van der Waals surface area contributed by atoms with Crippen LogP contribution >= 0.6 is 0 Å². The molecule has 0 unspecified atom stereocenters. The van der Waals surface area contributed by atoms with Crippen molar-refractivity contribution >= 4 is 52.0 Å². The Morgan fingerprint density at radius 1 is 0.672 bits per heavy atom. The van der Waals surface area contributed by atoms with E-state index < -0.39 is 52.6 Å². The number of nitrogens with one attached hydrogen (secondary N) is 5. The molecule has 5 N–H and O–H groups in total. The first-order valence-electron chi connectivity index (χ1n) is 20.1. The third-order valence-electron chi connectivity index (χ3n) is 9.40. The lowest BCUT2D eigenvalue weighted by molar-refractivity contribution is -0.384. The normalized spacial score (nSPS) is 12.5. The maximum Gasteiger partial charge on any atom is 0.328 e. The first-order chi connectivity index (χ1) is 28.9. The molecule has 0 aliphatic heterocycles. The average Bonchev–Trinajstić information content (AvgIpc) is 3.22. The first kappa shape index (κ1) is 48.9. The third-order valence-corrected chi connectivity index (χ3v) is 9.40. The summed E-state index contributed by atoms with van der Waals surface area (Å²) in [5.74, 6) is -2.44. The summed E-state index contributed by atoms with van der Waals surface area (Å²) in [5.41, 5.74) is 4.11. The number of amides is 5. The number of esters is 1. The zero-order valence-electron chi connectivity index (χ0n) is 36.0. The highest BCUT2D eigenvalue weighted by molar-refractivity contribution is 5.98. The number of non-ortho nitro benzene ring substituents is 1. The number of benzene rings is 3. The Hall–Kier alpha value is -6.46. The summed E-state index contributed by atoms with van der Waals surface area (Å²) in [6.45, 7) is 11.4. The van der Waals surface area contributed by atoms with Crippen molar-refractivity contribution in [2.75, 3.05) is 27.4 Å². The van der Waals surface area contributed by atoms with Crippen molar-refractivity contribution in [3.8, 4) is 17.2 Å². The van der Waals surface area contributed by atoms with Gasteiger partial charge in [-0.05, 0) is 78.1 Å². The Bertz CT molecular complexity index is 2020.